The Morgan fingerprint density at radius 3 is 2.44 bits per heavy atom. The van der Waals surface area contributed by atoms with E-state index in [1.54, 1.807) is 29.2 Å². The van der Waals surface area contributed by atoms with E-state index >= 15 is 0 Å². The summed E-state index contributed by atoms with van der Waals surface area (Å²) in [6, 6.07) is 6.84. The van der Waals surface area contributed by atoms with Crippen molar-refractivity contribution in [2.45, 2.75) is 6.42 Å². The molecule has 0 unspecified atom stereocenters. The van der Waals surface area contributed by atoms with Gasteiger partial charge < -0.3 is 19.8 Å². The van der Waals surface area contributed by atoms with E-state index in [4.69, 9.17) is 16.7 Å². The van der Waals surface area contributed by atoms with Gasteiger partial charge in [0.05, 0.1) is 5.92 Å². The van der Waals surface area contributed by atoms with Gasteiger partial charge in [-0.15, -0.1) is 0 Å². The van der Waals surface area contributed by atoms with Gasteiger partial charge in [-0.05, 0) is 38.4 Å². The molecule has 0 radical (unpaired) electrons. The first-order valence-corrected chi connectivity index (χ1v) is 8.37. The van der Waals surface area contributed by atoms with E-state index in [2.05, 4.69) is 0 Å². The van der Waals surface area contributed by atoms with Gasteiger partial charge >= 0.3 is 5.97 Å². The lowest BCUT2D eigenvalue weighted by atomic mass is 10.1. The molecule has 0 aromatic heterocycles. The molecule has 1 aromatic rings. The summed E-state index contributed by atoms with van der Waals surface area (Å²) >= 11 is 5.86. The minimum Gasteiger partial charge on any atom is -0.480 e. The number of aliphatic carboxylic acids is 1. The first-order chi connectivity index (χ1) is 11.8. The fourth-order valence-electron chi connectivity index (χ4n) is 2.75. The lowest BCUT2D eigenvalue weighted by Crippen LogP contribution is -2.43. The second-order valence-corrected chi connectivity index (χ2v) is 6.78. The number of halogens is 1. The molecule has 1 N–H and O–H groups in total. The Bertz CT molecular complexity index is 648. The van der Waals surface area contributed by atoms with Crippen LogP contribution in [0.25, 0.3) is 0 Å². The van der Waals surface area contributed by atoms with Crippen LogP contribution < -0.4 is 4.90 Å². The molecule has 1 aliphatic rings. The zero-order chi connectivity index (χ0) is 18.6. The Balaban J connectivity index is 2.08. The van der Waals surface area contributed by atoms with Crippen LogP contribution in [0.3, 0.4) is 0 Å². The quantitative estimate of drug-likeness (QED) is 0.782. The zero-order valence-electron chi connectivity index (χ0n) is 14.3. The van der Waals surface area contributed by atoms with E-state index in [9.17, 15) is 14.4 Å². The zero-order valence-corrected chi connectivity index (χ0v) is 15.1. The second kappa shape index (κ2) is 8.31. The molecule has 2 rings (SSSR count). The van der Waals surface area contributed by atoms with Crippen molar-refractivity contribution in [2.24, 2.45) is 5.92 Å². The average molecular weight is 368 g/mol. The van der Waals surface area contributed by atoms with E-state index in [0.29, 0.717) is 23.8 Å². The summed E-state index contributed by atoms with van der Waals surface area (Å²) in [6.07, 6.45) is 0.0829. The van der Waals surface area contributed by atoms with Crippen LogP contribution in [0, 0.1) is 5.92 Å². The van der Waals surface area contributed by atoms with Crippen molar-refractivity contribution in [3.8, 4) is 0 Å². The number of hydrogen-bond donors (Lipinski definition) is 1. The number of nitrogens with zero attached hydrogens (tertiary/aromatic N) is 3. The third-order valence-corrected chi connectivity index (χ3v) is 4.32. The van der Waals surface area contributed by atoms with Crippen LogP contribution in [-0.2, 0) is 14.4 Å². The molecule has 0 spiro atoms. The summed E-state index contributed by atoms with van der Waals surface area (Å²) in [5.74, 6) is -2.05. The number of hydrogen-bond acceptors (Lipinski definition) is 4. The minimum atomic E-state index is -1.06. The smallest absolute Gasteiger partial charge is 0.323 e. The first kappa shape index (κ1) is 19.2. The fraction of sp³-hybridized carbons (Fsp3) is 0.471. The fourth-order valence-corrected chi connectivity index (χ4v) is 2.88. The molecule has 7 nitrogen and oxygen atoms in total. The largest absolute Gasteiger partial charge is 0.480 e. The second-order valence-electron chi connectivity index (χ2n) is 6.34. The molecule has 0 aliphatic carbocycles. The first-order valence-electron chi connectivity index (χ1n) is 7.99. The summed E-state index contributed by atoms with van der Waals surface area (Å²) in [6.45, 7) is 0.750. The third kappa shape index (κ3) is 5.17. The molecular weight excluding hydrogens is 346 g/mol. The van der Waals surface area contributed by atoms with E-state index in [1.807, 2.05) is 19.0 Å². The van der Waals surface area contributed by atoms with Crippen LogP contribution in [0.5, 0.6) is 0 Å². The summed E-state index contributed by atoms with van der Waals surface area (Å²) in [5, 5.41) is 9.62. The Labute approximate surface area is 151 Å². The lowest BCUT2D eigenvalue weighted by Gasteiger charge is -2.25. The SMILES string of the molecule is CN(C)CCN(CC(=O)O)C(=O)[C@H]1CC(=O)N(c2ccc(Cl)cc2)C1. The molecule has 136 valence electrons. The Morgan fingerprint density at radius 2 is 1.88 bits per heavy atom. The van der Waals surface area contributed by atoms with Crippen LogP contribution in [0.4, 0.5) is 5.69 Å². The summed E-state index contributed by atoms with van der Waals surface area (Å²) in [4.78, 5) is 40.8. The summed E-state index contributed by atoms with van der Waals surface area (Å²) in [7, 11) is 3.70. The van der Waals surface area contributed by atoms with Crippen molar-refractivity contribution in [3.63, 3.8) is 0 Å². The Kier molecular flexibility index (Phi) is 6.39. The highest BCUT2D eigenvalue weighted by atomic mass is 35.5. The predicted octanol–water partition coefficient (Wildman–Crippen LogP) is 1.17. The van der Waals surface area contributed by atoms with Gasteiger partial charge in [-0.25, -0.2) is 0 Å². The molecule has 25 heavy (non-hydrogen) atoms. The molecule has 0 bridgehead atoms. The molecule has 1 heterocycles. The highest BCUT2D eigenvalue weighted by molar-refractivity contribution is 6.30. The molecule has 1 fully saturated rings. The normalized spacial score (nSPS) is 17.2. The van der Waals surface area contributed by atoms with Gasteiger partial charge in [0.2, 0.25) is 11.8 Å². The van der Waals surface area contributed by atoms with Gasteiger partial charge in [0, 0.05) is 36.8 Å². The van der Waals surface area contributed by atoms with Crippen molar-refractivity contribution in [1.29, 1.82) is 0 Å². The van der Waals surface area contributed by atoms with Crippen LogP contribution >= 0.6 is 11.6 Å². The van der Waals surface area contributed by atoms with Gasteiger partial charge in [0.1, 0.15) is 6.54 Å². The molecule has 1 saturated heterocycles. The number of carboxylic acids is 1. The van der Waals surface area contributed by atoms with Crippen LogP contribution in [0.1, 0.15) is 6.42 Å². The van der Waals surface area contributed by atoms with Crippen molar-refractivity contribution in [3.05, 3.63) is 29.3 Å². The molecule has 1 aliphatic heterocycles. The van der Waals surface area contributed by atoms with Gasteiger partial charge in [-0.2, -0.15) is 0 Å². The average Bonchev–Trinajstić information content (AvgIpc) is 2.93. The van der Waals surface area contributed by atoms with Crippen LogP contribution in [-0.4, -0.2) is 73.0 Å². The number of amides is 2. The number of anilines is 1. The van der Waals surface area contributed by atoms with Crippen LogP contribution in [0.15, 0.2) is 24.3 Å². The van der Waals surface area contributed by atoms with Gasteiger partial charge in [0.25, 0.3) is 0 Å². The lowest BCUT2D eigenvalue weighted by molar-refractivity contribution is -0.146. The number of carboxylic acid groups (broad SMARTS) is 1. The van der Waals surface area contributed by atoms with E-state index in [0.717, 1.165) is 0 Å². The highest BCUT2D eigenvalue weighted by Gasteiger charge is 2.37. The van der Waals surface area contributed by atoms with Gasteiger partial charge in [-0.1, -0.05) is 11.6 Å². The maximum absolute atomic E-state index is 12.7. The molecule has 8 heteroatoms. The summed E-state index contributed by atoms with van der Waals surface area (Å²) < 4.78 is 0. The predicted molar refractivity (Wildman–Crippen MR) is 94.7 cm³/mol. The standard InChI is InChI=1S/C17H22ClN3O4/c1-19(2)7-8-20(11-16(23)24)17(25)12-9-15(22)21(10-12)14-5-3-13(18)4-6-14/h3-6,12H,7-11H2,1-2H3,(H,23,24)/t12-/m0/s1. The van der Waals surface area contributed by atoms with Crippen molar-refractivity contribution < 1.29 is 19.5 Å². The number of carbonyl (C=O) groups is 3. The molecule has 0 saturated carbocycles. The van der Waals surface area contributed by atoms with E-state index in [-0.39, 0.29) is 31.3 Å². The van der Waals surface area contributed by atoms with Crippen LogP contribution in [0.2, 0.25) is 5.02 Å². The Hall–Kier alpha value is -2.12. The number of benzene rings is 1. The van der Waals surface area contributed by atoms with E-state index in [1.165, 1.54) is 4.90 Å². The molecule has 2 amide bonds. The maximum atomic E-state index is 12.7. The maximum Gasteiger partial charge on any atom is 0.323 e. The Morgan fingerprint density at radius 1 is 1.24 bits per heavy atom. The third-order valence-electron chi connectivity index (χ3n) is 4.07. The monoisotopic (exact) mass is 367 g/mol. The molecule has 1 aromatic carbocycles. The van der Waals surface area contributed by atoms with E-state index < -0.39 is 11.9 Å². The van der Waals surface area contributed by atoms with Crippen molar-refractivity contribution >= 4 is 35.1 Å². The van der Waals surface area contributed by atoms with Crippen molar-refractivity contribution in [1.82, 2.24) is 9.80 Å². The summed E-state index contributed by atoms with van der Waals surface area (Å²) in [5.41, 5.74) is 0.683. The number of rotatable bonds is 7. The highest BCUT2D eigenvalue weighted by Crippen LogP contribution is 2.27. The van der Waals surface area contributed by atoms with Crippen molar-refractivity contribution in [2.75, 3.05) is 45.2 Å². The molecular formula is C17H22ClN3O4. The van der Waals surface area contributed by atoms with Gasteiger partial charge in [-0.3, -0.25) is 14.4 Å². The van der Waals surface area contributed by atoms with Gasteiger partial charge in [0.15, 0.2) is 0 Å². The topological polar surface area (TPSA) is 81.2 Å². The number of carbonyl (C=O) groups excluding carboxylic acids is 2. The minimum absolute atomic E-state index is 0.0829. The molecule has 1 atom stereocenters. The number of likely N-dealkylation sites (N-methyl/N-ethyl adjacent to an activating group) is 1.